The summed E-state index contributed by atoms with van der Waals surface area (Å²) in [5.41, 5.74) is 4.71. The zero-order valence-electron chi connectivity index (χ0n) is 18.8. The number of hydrogen-bond acceptors (Lipinski definition) is 5. The van der Waals surface area contributed by atoms with Gasteiger partial charge in [-0.2, -0.15) is 17.6 Å². The number of hydrogen-bond donors (Lipinski definition) is 1. The van der Waals surface area contributed by atoms with Crippen molar-refractivity contribution in [2.24, 2.45) is 10.7 Å². The number of Topliss-reactive ketones (excluding diaryl/α,β-unsaturated/α-hetero) is 1. The van der Waals surface area contributed by atoms with E-state index < -0.39 is 35.9 Å². The van der Waals surface area contributed by atoms with Crippen LogP contribution in [0.4, 0.5) is 17.6 Å². The summed E-state index contributed by atoms with van der Waals surface area (Å²) in [6.45, 7) is 0.105. The highest BCUT2D eigenvalue weighted by Gasteiger charge is 2.50. The number of likely N-dealkylation sites (N-methyl/N-ethyl adjacent to an activating group) is 1. The number of halogens is 4. The number of nitrogens with zero attached hydrogens (tertiary/aromatic N) is 4. The Kier molecular flexibility index (Phi) is 5.95. The Labute approximate surface area is 197 Å². The third-order valence-electron chi connectivity index (χ3n) is 5.86. The Morgan fingerprint density at radius 2 is 1.89 bits per heavy atom. The van der Waals surface area contributed by atoms with Crippen LogP contribution >= 0.6 is 0 Å². The van der Waals surface area contributed by atoms with Gasteiger partial charge in [0.1, 0.15) is 6.54 Å². The smallest absolute Gasteiger partial charge is 0.369 e. The molecule has 1 aliphatic heterocycles. The number of carbonyl (C=O) groups is 2. The second kappa shape index (κ2) is 8.64. The first-order valence-electron chi connectivity index (χ1n) is 10.6. The van der Waals surface area contributed by atoms with E-state index in [0.717, 1.165) is 15.7 Å². The first-order chi connectivity index (χ1) is 16.5. The monoisotopic (exact) mass is 487 g/mol. The average molecular weight is 487 g/mol. The van der Waals surface area contributed by atoms with E-state index in [4.69, 9.17) is 5.73 Å². The van der Waals surface area contributed by atoms with Crippen LogP contribution in [0, 0.1) is 5.95 Å². The summed E-state index contributed by atoms with van der Waals surface area (Å²) in [5.74, 6) is -2.04. The highest BCUT2D eigenvalue weighted by Crippen LogP contribution is 2.42. The topological polar surface area (TPSA) is 93.6 Å². The second-order valence-corrected chi connectivity index (χ2v) is 8.10. The molecule has 3 heterocycles. The lowest BCUT2D eigenvalue weighted by Crippen LogP contribution is -2.41. The van der Waals surface area contributed by atoms with Crippen molar-refractivity contribution in [1.82, 2.24) is 14.5 Å². The molecule has 1 aliphatic rings. The van der Waals surface area contributed by atoms with Gasteiger partial charge < -0.3 is 10.3 Å². The SMILES string of the molecule is CCC(=O)c1cc([C@@]2(c3cccc(-c4cccnc4F)c3)N=C(N)N(C)C2=O)cn1CC(F)(F)F. The Balaban J connectivity index is 1.96. The number of carbonyl (C=O) groups excluding carboxylic acids is 2. The lowest BCUT2D eigenvalue weighted by molar-refractivity contribution is -0.140. The number of ketones is 1. The van der Waals surface area contributed by atoms with Crippen LogP contribution < -0.4 is 5.73 Å². The minimum Gasteiger partial charge on any atom is -0.369 e. The van der Waals surface area contributed by atoms with Crippen molar-refractivity contribution >= 4 is 17.6 Å². The molecule has 1 amide bonds. The number of alkyl halides is 3. The fraction of sp³-hybridized carbons (Fsp3) is 0.250. The number of aromatic nitrogens is 2. The van der Waals surface area contributed by atoms with Crippen molar-refractivity contribution in [3.8, 4) is 11.1 Å². The number of aliphatic imine (C=N–C) groups is 1. The summed E-state index contributed by atoms with van der Waals surface area (Å²) in [5, 5.41) is 0. The van der Waals surface area contributed by atoms with Gasteiger partial charge in [0.15, 0.2) is 17.3 Å². The summed E-state index contributed by atoms with van der Waals surface area (Å²) in [6, 6.07) is 10.5. The van der Waals surface area contributed by atoms with Crippen molar-refractivity contribution in [2.75, 3.05) is 7.05 Å². The van der Waals surface area contributed by atoms with Crippen LogP contribution in [0.3, 0.4) is 0 Å². The largest absolute Gasteiger partial charge is 0.406 e. The van der Waals surface area contributed by atoms with Crippen LogP contribution in [0.2, 0.25) is 0 Å². The minimum absolute atomic E-state index is 0.0384. The predicted molar refractivity (Wildman–Crippen MR) is 120 cm³/mol. The third-order valence-corrected chi connectivity index (χ3v) is 5.86. The molecule has 0 radical (unpaired) electrons. The van der Waals surface area contributed by atoms with Crippen LogP contribution in [-0.2, 0) is 16.9 Å². The van der Waals surface area contributed by atoms with Crippen LogP contribution in [0.15, 0.2) is 59.9 Å². The standard InChI is InChI=1S/C24H21F4N5O2/c1-3-19(34)18-11-16(12-33(18)13-23(26,27)28)24(21(35)32(2)22(29)31-24)15-7-4-6-14(10-15)17-8-5-9-30-20(17)25/h4-12H,3,13H2,1-2H3,(H2,29,31)/t24-/m1/s1. The fourth-order valence-corrected chi connectivity index (χ4v) is 4.15. The van der Waals surface area contributed by atoms with E-state index in [1.54, 1.807) is 24.3 Å². The Hall–Kier alpha value is -4.02. The van der Waals surface area contributed by atoms with E-state index in [2.05, 4.69) is 9.98 Å². The van der Waals surface area contributed by atoms with E-state index in [0.29, 0.717) is 5.56 Å². The molecule has 7 nitrogen and oxygen atoms in total. The molecule has 1 atom stereocenters. The van der Waals surface area contributed by atoms with Crippen molar-refractivity contribution in [3.63, 3.8) is 0 Å². The normalized spacial score (nSPS) is 18.2. The van der Waals surface area contributed by atoms with E-state index in [1.807, 2.05) is 0 Å². The summed E-state index contributed by atoms with van der Waals surface area (Å²) in [7, 11) is 1.39. The molecule has 0 saturated heterocycles. The summed E-state index contributed by atoms with van der Waals surface area (Å²) in [4.78, 5) is 35.1. The number of pyridine rings is 1. The molecule has 4 rings (SSSR count). The molecular formula is C24H21F4N5O2. The van der Waals surface area contributed by atoms with Gasteiger partial charge in [0.2, 0.25) is 5.95 Å². The van der Waals surface area contributed by atoms with Crippen LogP contribution in [0.1, 0.15) is 35.0 Å². The minimum atomic E-state index is -4.61. The van der Waals surface area contributed by atoms with E-state index in [9.17, 15) is 27.2 Å². The number of nitrogens with two attached hydrogens (primary N) is 1. The highest BCUT2D eigenvalue weighted by molar-refractivity contribution is 6.09. The van der Waals surface area contributed by atoms with Gasteiger partial charge in [-0.05, 0) is 35.4 Å². The fourth-order valence-electron chi connectivity index (χ4n) is 4.15. The maximum absolute atomic E-state index is 14.4. The quantitative estimate of drug-likeness (QED) is 0.325. The molecule has 0 spiro atoms. The maximum Gasteiger partial charge on any atom is 0.406 e. The summed E-state index contributed by atoms with van der Waals surface area (Å²) in [6.07, 6.45) is -2.26. The first kappa shape index (κ1) is 24.1. The summed E-state index contributed by atoms with van der Waals surface area (Å²) >= 11 is 0. The van der Waals surface area contributed by atoms with Crippen molar-refractivity contribution in [1.29, 1.82) is 0 Å². The Morgan fingerprint density at radius 3 is 2.49 bits per heavy atom. The van der Waals surface area contributed by atoms with Crippen LogP contribution in [-0.4, -0.2) is 45.3 Å². The lowest BCUT2D eigenvalue weighted by Gasteiger charge is -2.25. The summed E-state index contributed by atoms with van der Waals surface area (Å²) < 4.78 is 55.0. The molecule has 2 aromatic heterocycles. The lowest BCUT2D eigenvalue weighted by atomic mass is 9.83. The van der Waals surface area contributed by atoms with Gasteiger partial charge in [-0.25, -0.2) is 9.98 Å². The molecule has 2 N–H and O–H groups in total. The zero-order chi connectivity index (χ0) is 25.5. The van der Waals surface area contributed by atoms with Gasteiger partial charge in [-0.15, -0.1) is 0 Å². The van der Waals surface area contributed by atoms with Gasteiger partial charge in [0.05, 0.1) is 5.69 Å². The van der Waals surface area contributed by atoms with Gasteiger partial charge in [0, 0.05) is 37.0 Å². The van der Waals surface area contributed by atoms with Gasteiger partial charge in [0.25, 0.3) is 5.91 Å². The number of amides is 1. The second-order valence-electron chi connectivity index (χ2n) is 8.10. The third kappa shape index (κ3) is 4.17. The molecule has 182 valence electrons. The van der Waals surface area contributed by atoms with Crippen molar-refractivity contribution in [3.05, 3.63) is 77.6 Å². The molecule has 0 saturated carbocycles. The van der Waals surface area contributed by atoms with Crippen LogP contribution in [0.25, 0.3) is 11.1 Å². The van der Waals surface area contributed by atoms with Crippen LogP contribution in [0.5, 0.6) is 0 Å². The molecule has 35 heavy (non-hydrogen) atoms. The van der Waals surface area contributed by atoms with Gasteiger partial charge in [-0.3, -0.25) is 14.5 Å². The predicted octanol–water partition coefficient (Wildman–Crippen LogP) is 3.87. The molecule has 0 unspecified atom stereocenters. The molecule has 0 fully saturated rings. The molecule has 1 aromatic carbocycles. The molecule has 0 aliphatic carbocycles. The number of benzene rings is 1. The van der Waals surface area contributed by atoms with Crippen molar-refractivity contribution < 1.29 is 27.2 Å². The Morgan fingerprint density at radius 1 is 1.14 bits per heavy atom. The van der Waals surface area contributed by atoms with E-state index >= 15 is 0 Å². The average Bonchev–Trinajstić information content (AvgIpc) is 3.32. The maximum atomic E-state index is 14.4. The Bertz CT molecular complexity index is 1350. The van der Waals surface area contributed by atoms with E-state index in [1.165, 1.54) is 38.4 Å². The number of rotatable bonds is 6. The van der Waals surface area contributed by atoms with Crippen molar-refractivity contribution in [2.45, 2.75) is 31.6 Å². The van der Waals surface area contributed by atoms with Gasteiger partial charge >= 0.3 is 6.18 Å². The highest BCUT2D eigenvalue weighted by atomic mass is 19.4. The first-order valence-corrected chi connectivity index (χ1v) is 10.6. The molecular weight excluding hydrogens is 466 g/mol. The number of guanidine groups is 1. The molecule has 3 aromatic rings. The molecule has 11 heteroatoms. The van der Waals surface area contributed by atoms with E-state index in [-0.39, 0.29) is 34.8 Å². The molecule has 0 bridgehead atoms. The van der Waals surface area contributed by atoms with Gasteiger partial charge in [-0.1, -0.05) is 25.1 Å². The zero-order valence-corrected chi connectivity index (χ0v) is 18.8.